The van der Waals surface area contributed by atoms with E-state index in [9.17, 15) is 9.59 Å². The minimum Gasteiger partial charge on any atom is -0.493 e. The van der Waals surface area contributed by atoms with Crippen molar-refractivity contribution in [1.29, 1.82) is 0 Å². The van der Waals surface area contributed by atoms with Gasteiger partial charge in [-0.1, -0.05) is 12.2 Å². The van der Waals surface area contributed by atoms with Crippen molar-refractivity contribution in [3.05, 3.63) is 52.8 Å². The zero-order valence-electron chi connectivity index (χ0n) is 16.6. The van der Waals surface area contributed by atoms with Crippen LogP contribution in [-0.4, -0.2) is 36.5 Å². The fourth-order valence-electron chi connectivity index (χ4n) is 4.28. The molecule has 1 N–H and O–H groups in total. The summed E-state index contributed by atoms with van der Waals surface area (Å²) in [5, 5.41) is 7.34. The van der Waals surface area contributed by atoms with E-state index in [4.69, 9.17) is 9.47 Å². The fraction of sp³-hybridized carbons (Fsp3) is 0.409. The first-order valence-corrected chi connectivity index (χ1v) is 9.83. The van der Waals surface area contributed by atoms with E-state index in [0.29, 0.717) is 41.5 Å². The number of carbonyl (C=O) groups is 1. The molecule has 0 unspecified atom stereocenters. The molecular weight excluding hydrogens is 370 g/mol. The molecule has 2 aliphatic carbocycles. The Morgan fingerprint density at radius 1 is 1.14 bits per heavy atom. The quantitative estimate of drug-likeness (QED) is 0.727. The van der Waals surface area contributed by atoms with Gasteiger partial charge in [-0.05, 0) is 54.9 Å². The molecule has 1 amide bonds. The smallest absolute Gasteiger partial charge is 0.267 e. The van der Waals surface area contributed by atoms with Crippen molar-refractivity contribution in [2.24, 2.45) is 17.8 Å². The number of hydrogen-bond donors (Lipinski definition) is 1. The SMILES string of the molecule is COc1ccc(-c2ccc(=O)n(CC(=O)NC[C@H]3C[C@@H]4C=C[C@H]3C4)n2)cc1OC. The minimum atomic E-state index is -0.313. The number of allylic oxidation sites excluding steroid dienone is 2. The summed E-state index contributed by atoms with van der Waals surface area (Å²) in [6, 6.07) is 8.47. The van der Waals surface area contributed by atoms with Crippen LogP contribution in [0.25, 0.3) is 11.3 Å². The molecule has 0 saturated heterocycles. The molecule has 1 aromatic heterocycles. The number of aromatic nitrogens is 2. The van der Waals surface area contributed by atoms with Crippen molar-refractivity contribution in [3.8, 4) is 22.8 Å². The molecule has 2 aromatic rings. The summed E-state index contributed by atoms with van der Waals surface area (Å²) >= 11 is 0. The van der Waals surface area contributed by atoms with Gasteiger partial charge in [0.1, 0.15) is 6.54 Å². The third kappa shape index (κ3) is 4.04. The number of nitrogens with zero attached hydrogens (tertiary/aromatic N) is 2. The summed E-state index contributed by atoms with van der Waals surface area (Å²) in [5.41, 5.74) is 1.04. The highest BCUT2D eigenvalue weighted by atomic mass is 16.5. The third-order valence-electron chi connectivity index (χ3n) is 5.82. The van der Waals surface area contributed by atoms with Crippen LogP contribution in [0.3, 0.4) is 0 Å². The average molecular weight is 395 g/mol. The van der Waals surface area contributed by atoms with Gasteiger partial charge in [-0.2, -0.15) is 5.10 Å². The number of rotatable bonds is 7. The molecule has 3 atom stereocenters. The first kappa shape index (κ1) is 19.2. The molecule has 0 radical (unpaired) electrons. The zero-order valence-corrected chi connectivity index (χ0v) is 16.6. The summed E-state index contributed by atoms with van der Waals surface area (Å²) in [7, 11) is 3.13. The molecule has 1 aromatic carbocycles. The average Bonchev–Trinajstić information content (AvgIpc) is 3.36. The maximum atomic E-state index is 12.4. The number of amides is 1. The summed E-state index contributed by atoms with van der Waals surface area (Å²) in [6.45, 7) is 0.547. The van der Waals surface area contributed by atoms with Gasteiger partial charge < -0.3 is 14.8 Å². The zero-order chi connectivity index (χ0) is 20.4. The van der Waals surface area contributed by atoms with E-state index in [2.05, 4.69) is 22.6 Å². The van der Waals surface area contributed by atoms with Gasteiger partial charge in [0, 0.05) is 18.2 Å². The number of ether oxygens (including phenoxy) is 2. The second-order valence-corrected chi connectivity index (χ2v) is 7.63. The molecule has 7 nitrogen and oxygen atoms in total. The highest BCUT2D eigenvalue weighted by Gasteiger charge is 2.35. The summed E-state index contributed by atoms with van der Waals surface area (Å²) in [5.74, 6) is 2.73. The van der Waals surface area contributed by atoms with E-state index in [-0.39, 0.29) is 18.0 Å². The van der Waals surface area contributed by atoms with E-state index >= 15 is 0 Å². The number of nitrogens with one attached hydrogen (secondary N) is 1. The van der Waals surface area contributed by atoms with Gasteiger partial charge >= 0.3 is 0 Å². The van der Waals surface area contributed by atoms with Crippen molar-refractivity contribution in [3.63, 3.8) is 0 Å². The second-order valence-electron chi connectivity index (χ2n) is 7.63. The molecule has 1 saturated carbocycles. The van der Waals surface area contributed by atoms with E-state index in [1.54, 1.807) is 32.4 Å². The Morgan fingerprint density at radius 3 is 2.66 bits per heavy atom. The Labute approximate surface area is 169 Å². The summed E-state index contributed by atoms with van der Waals surface area (Å²) in [6.07, 6.45) is 6.89. The Kier molecular flexibility index (Phi) is 5.38. The topological polar surface area (TPSA) is 82.5 Å². The van der Waals surface area contributed by atoms with Crippen molar-refractivity contribution in [2.45, 2.75) is 19.4 Å². The molecule has 0 spiro atoms. The molecular formula is C22H25N3O4. The van der Waals surface area contributed by atoms with Crippen molar-refractivity contribution in [2.75, 3.05) is 20.8 Å². The Hall–Kier alpha value is -3.09. The normalized spacial score (nSPS) is 21.9. The van der Waals surface area contributed by atoms with Gasteiger partial charge in [0.2, 0.25) is 5.91 Å². The first-order chi connectivity index (χ1) is 14.1. The van der Waals surface area contributed by atoms with Gasteiger partial charge in [0.25, 0.3) is 5.56 Å². The Balaban J connectivity index is 1.45. The van der Waals surface area contributed by atoms with Crippen LogP contribution in [0.5, 0.6) is 11.5 Å². The number of benzene rings is 1. The molecule has 2 aliphatic rings. The predicted octanol–water partition coefficient (Wildman–Crippen LogP) is 2.26. The molecule has 1 heterocycles. The second kappa shape index (κ2) is 8.11. The number of hydrogen-bond acceptors (Lipinski definition) is 5. The summed E-state index contributed by atoms with van der Waals surface area (Å²) in [4.78, 5) is 24.6. The first-order valence-electron chi connectivity index (χ1n) is 9.83. The highest BCUT2D eigenvalue weighted by Crippen LogP contribution is 2.42. The Bertz CT molecular complexity index is 998. The molecule has 152 valence electrons. The van der Waals surface area contributed by atoms with Crippen LogP contribution in [0, 0.1) is 17.8 Å². The van der Waals surface area contributed by atoms with Crippen LogP contribution in [0.2, 0.25) is 0 Å². The van der Waals surface area contributed by atoms with Crippen molar-refractivity contribution < 1.29 is 14.3 Å². The number of fused-ring (bicyclic) bond motifs is 2. The number of carbonyl (C=O) groups excluding carboxylic acids is 1. The molecule has 0 aliphatic heterocycles. The third-order valence-corrected chi connectivity index (χ3v) is 5.82. The lowest BCUT2D eigenvalue weighted by molar-refractivity contribution is -0.122. The molecule has 1 fully saturated rings. The van der Waals surface area contributed by atoms with Crippen molar-refractivity contribution >= 4 is 5.91 Å². The standard InChI is InChI=1S/C22H25N3O4/c1-28-19-7-5-16(11-20(19)29-2)18-6-8-22(27)25(24-18)13-21(26)23-12-17-10-14-3-4-15(17)9-14/h3-8,11,14-15,17H,9-10,12-13H2,1-2H3,(H,23,26)/t14-,15+,17-/m1/s1. The molecule has 29 heavy (non-hydrogen) atoms. The Morgan fingerprint density at radius 2 is 1.97 bits per heavy atom. The van der Waals surface area contributed by atoms with E-state index in [1.807, 2.05) is 6.07 Å². The van der Waals surface area contributed by atoms with E-state index in [1.165, 1.54) is 17.2 Å². The maximum absolute atomic E-state index is 12.4. The lowest BCUT2D eigenvalue weighted by atomic mass is 9.94. The number of methoxy groups -OCH3 is 2. The van der Waals surface area contributed by atoms with Gasteiger partial charge in [-0.25, -0.2) is 4.68 Å². The van der Waals surface area contributed by atoms with Crippen LogP contribution in [0.15, 0.2) is 47.3 Å². The van der Waals surface area contributed by atoms with Gasteiger partial charge in [-0.3, -0.25) is 9.59 Å². The molecule has 4 rings (SSSR count). The van der Waals surface area contributed by atoms with Crippen molar-refractivity contribution in [1.82, 2.24) is 15.1 Å². The highest BCUT2D eigenvalue weighted by molar-refractivity contribution is 5.75. The van der Waals surface area contributed by atoms with Gasteiger partial charge in [0.15, 0.2) is 11.5 Å². The lowest BCUT2D eigenvalue weighted by Crippen LogP contribution is -2.36. The fourth-order valence-corrected chi connectivity index (χ4v) is 4.28. The molecule has 7 heteroatoms. The van der Waals surface area contributed by atoms with Crippen LogP contribution in [0.4, 0.5) is 0 Å². The van der Waals surface area contributed by atoms with Gasteiger partial charge in [-0.15, -0.1) is 0 Å². The van der Waals surface area contributed by atoms with Crippen LogP contribution < -0.4 is 20.3 Å². The summed E-state index contributed by atoms with van der Waals surface area (Å²) < 4.78 is 11.8. The molecule has 2 bridgehead atoms. The lowest BCUT2D eigenvalue weighted by Gasteiger charge is -2.18. The predicted molar refractivity (Wildman–Crippen MR) is 109 cm³/mol. The van der Waals surface area contributed by atoms with E-state index < -0.39 is 0 Å². The monoisotopic (exact) mass is 395 g/mol. The maximum Gasteiger partial charge on any atom is 0.267 e. The van der Waals surface area contributed by atoms with Crippen LogP contribution in [0.1, 0.15) is 12.8 Å². The van der Waals surface area contributed by atoms with E-state index in [0.717, 1.165) is 12.0 Å². The largest absolute Gasteiger partial charge is 0.493 e. The van der Waals surface area contributed by atoms with Gasteiger partial charge in [0.05, 0.1) is 19.9 Å². The van der Waals surface area contributed by atoms with Crippen LogP contribution >= 0.6 is 0 Å². The minimum absolute atomic E-state index is 0.101. The van der Waals surface area contributed by atoms with Crippen LogP contribution in [-0.2, 0) is 11.3 Å².